The summed E-state index contributed by atoms with van der Waals surface area (Å²) in [6.07, 6.45) is -1.16. The van der Waals surface area contributed by atoms with E-state index in [0.717, 1.165) is 27.2 Å². The number of carbonyl (C=O) groups excluding carboxylic acids is 1. The molecule has 0 radical (unpaired) electrons. The van der Waals surface area contributed by atoms with Gasteiger partial charge in [-0.1, -0.05) is 48.5 Å². The van der Waals surface area contributed by atoms with E-state index in [1.807, 2.05) is 53.4 Å². The molecular formula is C24H26F2N2O4. The lowest BCUT2D eigenvalue weighted by Crippen LogP contribution is -2.45. The fraction of sp³-hybridized carbons (Fsp3) is 0.417. The largest absolute Gasteiger partial charge is 0.480 e. The lowest BCUT2D eigenvalue weighted by atomic mass is 9.98. The van der Waals surface area contributed by atoms with Gasteiger partial charge in [-0.3, -0.25) is 9.69 Å². The van der Waals surface area contributed by atoms with E-state index in [4.69, 9.17) is 4.74 Å². The molecule has 1 aliphatic carbocycles. The molecule has 2 aromatic carbocycles. The third-order valence-corrected chi connectivity index (χ3v) is 6.19. The summed E-state index contributed by atoms with van der Waals surface area (Å²) < 4.78 is 32.3. The van der Waals surface area contributed by atoms with Crippen molar-refractivity contribution in [3.8, 4) is 11.1 Å². The first-order valence-electron chi connectivity index (χ1n) is 10.8. The quantitative estimate of drug-likeness (QED) is 0.698. The summed E-state index contributed by atoms with van der Waals surface area (Å²) in [5, 5.41) is 9.22. The van der Waals surface area contributed by atoms with Crippen molar-refractivity contribution in [1.82, 2.24) is 9.80 Å². The number of alkyl halides is 2. The smallest absolute Gasteiger partial charge is 0.410 e. The lowest BCUT2D eigenvalue weighted by Gasteiger charge is -2.33. The molecule has 1 heterocycles. The van der Waals surface area contributed by atoms with Crippen LogP contribution in [0.15, 0.2) is 48.5 Å². The van der Waals surface area contributed by atoms with Crippen LogP contribution in [0.5, 0.6) is 0 Å². The summed E-state index contributed by atoms with van der Waals surface area (Å²) in [6, 6.07) is 15.9. The minimum Gasteiger partial charge on any atom is -0.480 e. The molecule has 0 aromatic heterocycles. The first-order valence-corrected chi connectivity index (χ1v) is 10.8. The van der Waals surface area contributed by atoms with E-state index < -0.39 is 24.5 Å². The summed E-state index contributed by atoms with van der Waals surface area (Å²) in [4.78, 5) is 27.0. The Bertz CT molecular complexity index is 942. The topological polar surface area (TPSA) is 70.1 Å². The van der Waals surface area contributed by atoms with E-state index in [2.05, 4.69) is 0 Å². The van der Waals surface area contributed by atoms with Gasteiger partial charge < -0.3 is 14.7 Å². The van der Waals surface area contributed by atoms with Crippen molar-refractivity contribution in [2.24, 2.45) is 0 Å². The number of benzene rings is 2. The van der Waals surface area contributed by atoms with Crippen molar-refractivity contribution >= 4 is 12.1 Å². The molecule has 0 bridgehead atoms. The Morgan fingerprint density at radius 1 is 1.03 bits per heavy atom. The monoisotopic (exact) mass is 444 g/mol. The zero-order valence-corrected chi connectivity index (χ0v) is 17.7. The highest BCUT2D eigenvalue weighted by Crippen LogP contribution is 2.44. The lowest BCUT2D eigenvalue weighted by molar-refractivity contribution is -0.138. The number of amides is 1. The van der Waals surface area contributed by atoms with Gasteiger partial charge in [0.1, 0.15) is 13.2 Å². The van der Waals surface area contributed by atoms with Gasteiger partial charge in [0.2, 0.25) is 0 Å². The van der Waals surface area contributed by atoms with Gasteiger partial charge in [-0.05, 0) is 22.3 Å². The molecular weight excluding hydrogens is 418 g/mol. The Hall–Kier alpha value is -3.00. The Kier molecular flexibility index (Phi) is 6.41. The fourth-order valence-electron chi connectivity index (χ4n) is 4.45. The highest BCUT2D eigenvalue weighted by molar-refractivity contribution is 5.79. The number of rotatable bonds is 7. The molecule has 0 saturated carbocycles. The van der Waals surface area contributed by atoms with Crippen molar-refractivity contribution in [2.75, 3.05) is 39.3 Å². The molecule has 1 fully saturated rings. The van der Waals surface area contributed by atoms with Gasteiger partial charge in [0.25, 0.3) is 5.92 Å². The minimum atomic E-state index is -2.65. The molecule has 0 spiro atoms. The van der Waals surface area contributed by atoms with E-state index >= 15 is 0 Å². The summed E-state index contributed by atoms with van der Waals surface area (Å²) in [7, 11) is 0. The van der Waals surface area contributed by atoms with Crippen LogP contribution in [0, 0.1) is 0 Å². The van der Waals surface area contributed by atoms with E-state index in [1.54, 1.807) is 0 Å². The van der Waals surface area contributed by atoms with Crippen LogP contribution in [0.25, 0.3) is 11.1 Å². The maximum Gasteiger partial charge on any atom is 0.410 e. The number of ether oxygens (including phenoxy) is 1. The molecule has 6 nitrogen and oxygen atoms in total. The zero-order valence-electron chi connectivity index (χ0n) is 17.7. The number of likely N-dealkylation sites (tertiary alicyclic amines) is 1. The molecule has 2 aliphatic rings. The normalized spacial score (nSPS) is 17.4. The number of carbonyl (C=O) groups is 2. The molecule has 2 aromatic rings. The van der Waals surface area contributed by atoms with Gasteiger partial charge >= 0.3 is 12.1 Å². The second-order valence-electron chi connectivity index (χ2n) is 8.32. The van der Waals surface area contributed by atoms with Gasteiger partial charge in [0.05, 0.1) is 0 Å². The van der Waals surface area contributed by atoms with Crippen molar-refractivity contribution in [3.63, 3.8) is 0 Å². The van der Waals surface area contributed by atoms with E-state index in [1.165, 1.54) is 0 Å². The van der Waals surface area contributed by atoms with Crippen LogP contribution in [0.4, 0.5) is 13.6 Å². The van der Waals surface area contributed by atoms with Gasteiger partial charge in [-0.25, -0.2) is 13.6 Å². The number of piperidine rings is 1. The first kappa shape index (κ1) is 22.2. The van der Waals surface area contributed by atoms with Crippen LogP contribution in [0.1, 0.15) is 29.9 Å². The summed E-state index contributed by atoms with van der Waals surface area (Å²) in [5.41, 5.74) is 4.35. The third-order valence-electron chi connectivity index (χ3n) is 6.19. The summed E-state index contributed by atoms with van der Waals surface area (Å²) >= 11 is 0. The number of carboxylic acid groups (broad SMARTS) is 1. The molecule has 0 unspecified atom stereocenters. The minimum absolute atomic E-state index is 0.0961. The number of fused-ring (bicyclic) bond motifs is 3. The van der Waals surface area contributed by atoms with Gasteiger partial charge in [-0.2, -0.15) is 0 Å². The van der Waals surface area contributed by atoms with Crippen LogP contribution >= 0.6 is 0 Å². The van der Waals surface area contributed by atoms with Gasteiger partial charge in [-0.15, -0.1) is 0 Å². The highest BCUT2D eigenvalue weighted by atomic mass is 19.3. The van der Waals surface area contributed by atoms with E-state index in [-0.39, 0.29) is 45.0 Å². The number of hydrogen-bond donors (Lipinski definition) is 1. The molecule has 8 heteroatoms. The van der Waals surface area contributed by atoms with E-state index in [9.17, 15) is 23.5 Å². The first-order chi connectivity index (χ1) is 15.3. The third kappa shape index (κ3) is 4.91. The Balaban J connectivity index is 1.39. The molecule has 1 saturated heterocycles. The van der Waals surface area contributed by atoms with E-state index in [0.29, 0.717) is 6.54 Å². The van der Waals surface area contributed by atoms with Crippen LogP contribution in [0.2, 0.25) is 0 Å². The maximum absolute atomic E-state index is 13.3. The Labute approximate surface area is 185 Å². The van der Waals surface area contributed by atoms with Crippen LogP contribution in [-0.4, -0.2) is 72.2 Å². The van der Waals surface area contributed by atoms with Crippen molar-refractivity contribution in [3.05, 3.63) is 59.7 Å². The average molecular weight is 444 g/mol. The predicted octanol–water partition coefficient (Wildman–Crippen LogP) is 4.05. The molecule has 170 valence electrons. The molecule has 0 atom stereocenters. The highest BCUT2D eigenvalue weighted by Gasteiger charge is 2.34. The van der Waals surface area contributed by atoms with Crippen molar-refractivity contribution < 1.29 is 28.2 Å². The number of hydrogen-bond acceptors (Lipinski definition) is 4. The molecule has 1 amide bonds. The molecule has 1 N–H and O–H groups in total. The number of nitrogens with zero attached hydrogens (tertiary/aromatic N) is 2. The van der Waals surface area contributed by atoms with Crippen LogP contribution in [0.3, 0.4) is 0 Å². The second-order valence-corrected chi connectivity index (χ2v) is 8.32. The summed E-state index contributed by atoms with van der Waals surface area (Å²) in [6.45, 7) is 0.471. The average Bonchev–Trinajstić information content (AvgIpc) is 3.09. The predicted molar refractivity (Wildman–Crippen MR) is 115 cm³/mol. The number of halogens is 2. The van der Waals surface area contributed by atoms with Crippen LogP contribution in [-0.2, 0) is 9.53 Å². The van der Waals surface area contributed by atoms with Crippen molar-refractivity contribution in [2.45, 2.75) is 24.7 Å². The van der Waals surface area contributed by atoms with Gasteiger partial charge in [0.15, 0.2) is 0 Å². The van der Waals surface area contributed by atoms with Crippen molar-refractivity contribution in [1.29, 1.82) is 0 Å². The Morgan fingerprint density at radius 2 is 1.59 bits per heavy atom. The fourth-order valence-corrected chi connectivity index (χ4v) is 4.45. The maximum atomic E-state index is 13.3. The van der Waals surface area contributed by atoms with Gasteiger partial charge in [0, 0.05) is 44.9 Å². The standard InChI is InChI=1S/C24H26F2N2O4/c25-24(26)9-11-27(12-10-24)13-14-28(15-22(29)30)23(31)32-16-21-19-7-3-1-5-17(19)18-6-2-4-8-20(18)21/h1-8,21H,9-16H2,(H,29,30). The second kappa shape index (κ2) is 9.24. The molecule has 4 rings (SSSR count). The number of carboxylic acids is 1. The molecule has 1 aliphatic heterocycles. The van der Waals surface area contributed by atoms with Crippen LogP contribution < -0.4 is 0 Å². The number of aliphatic carboxylic acids is 1. The zero-order chi connectivity index (χ0) is 22.7. The SMILES string of the molecule is O=C(O)CN(CCN1CCC(F)(F)CC1)C(=O)OCC1c2ccccc2-c2ccccc21. The molecule has 32 heavy (non-hydrogen) atoms. The Morgan fingerprint density at radius 3 is 2.16 bits per heavy atom. The summed E-state index contributed by atoms with van der Waals surface area (Å²) in [5.74, 6) is -3.92.